The molecule has 0 aliphatic rings. The average Bonchev–Trinajstić information content (AvgIpc) is 2.46. The lowest BCUT2D eigenvalue weighted by Gasteiger charge is -2.10. The number of ether oxygens (including phenoxy) is 3. The van der Waals surface area contributed by atoms with Crippen molar-refractivity contribution >= 4 is 5.69 Å². The molecule has 0 bridgehead atoms. The van der Waals surface area contributed by atoms with Gasteiger partial charge in [-0.2, -0.15) is 0 Å². The van der Waals surface area contributed by atoms with Crippen LogP contribution in [0.5, 0.6) is 5.75 Å². The number of hydrogen-bond acceptors (Lipinski definition) is 6. The molecule has 1 aromatic rings. The zero-order valence-corrected chi connectivity index (χ0v) is 11.5. The van der Waals surface area contributed by atoms with Gasteiger partial charge in [0.1, 0.15) is 12.4 Å². The smallest absolute Gasteiger partial charge is 0.270 e. The van der Waals surface area contributed by atoms with E-state index < -0.39 is 4.92 Å². The first-order valence-corrected chi connectivity index (χ1v) is 6.36. The number of rotatable bonds is 10. The number of methoxy groups -OCH3 is 1. The summed E-state index contributed by atoms with van der Waals surface area (Å²) in [6, 6.07) is 4.38. The van der Waals surface area contributed by atoms with Crippen LogP contribution < -0.4 is 10.5 Å². The highest BCUT2D eigenvalue weighted by Crippen LogP contribution is 2.23. The van der Waals surface area contributed by atoms with Gasteiger partial charge in [0.25, 0.3) is 5.69 Å². The van der Waals surface area contributed by atoms with Gasteiger partial charge in [0.15, 0.2) is 0 Å². The predicted molar refractivity (Wildman–Crippen MR) is 73.8 cm³/mol. The van der Waals surface area contributed by atoms with Gasteiger partial charge >= 0.3 is 0 Å². The van der Waals surface area contributed by atoms with Crippen LogP contribution in [0.3, 0.4) is 0 Å². The van der Waals surface area contributed by atoms with E-state index in [1.807, 2.05) is 0 Å². The van der Waals surface area contributed by atoms with E-state index in [-0.39, 0.29) is 12.2 Å². The third-order valence-corrected chi connectivity index (χ3v) is 2.60. The zero-order chi connectivity index (χ0) is 14.8. The van der Waals surface area contributed by atoms with Crippen molar-refractivity contribution < 1.29 is 19.1 Å². The second-order valence-corrected chi connectivity index (χ2v) is 4.06. The summed E-state index contributed by atoms with van der Waals surface area (Å²) in [5.41, 5.74) is 6.17. The monoisotopic (exact) mass is 284 g/mol. The Morgan fingerprint density at radius 3 is 2.70 bits per heavy atom. The van der Waals surface area contributed by atoms with Crippen LogP contribution in [0.4, 0.5) is 5.69 Å². The molecule has 7 heteroatoms. The average molecular weight is 284 g/mol. The van der Waals surface area contributed by atoms with Crippen molar-refractivity contribution in [2.24, 2.45) is 5.73 Å². The van der Waals surface area contributed by atoms with E-state index in [1.165, 1.54) is 12.1 Å². The summed E-state index contributed by atoms with van der Waals surface area (Å²) >= 11 is 0. The fraction of sp³-hybridized carbons (Fsp3) is 0.538. The summed E-state index contributed by atoms with van der Waals surface area (Å²) in [6.07, 6.45) is 0.835. The first-order chi connectivity index (χ1) is 9.69. The summed E-state index contributed by atoms with van der Waals surface area (Å²) in [6.45, 7) is 2.29. The molecule has 112 valence electrons. The Hall–Kier alpha value is -1.70. The Morgan fingerprint density at radius 1 is 1.25 bits per heavy atom. The van der Waals surface area contributed by atoms with Crippen LogP contribution in [0.25, 0.3) is 0 Å². The maximum absolute atomic E-state index is 10.7. The summed E-state index contributed by atoms with van der Waals surface area (Å²) in [5.74, 6) is 0.554. The van der Waals surface area contributed by atoms with Crippen LogP contribution in [0.15, 0.2) is 18.2 Å². The first kappa shape index (κ1) is 16.4. The number of hydrogen-bond donors (Lipinski definition) is 1. The Bertz CT molecular complexity index is 425. The Kier molecular flexibility index (Phi) is 7.56. The van der Waals surface area contributed by atoms with Crippen molar-refractivity contribution in [1.82, 2.24) is 0 Å². The predicted octanol–water partition coefficient (Wildman–Crippen LogP) is 1.49. The van der Waals surface area contributed by atoms with Crippen molar-refractivity contribution in [3.05, 3.63) is 33.9 Å². The molecule has 0 aromatic heterocycles. The van der Waals surface area contributed by atoms with E-state index in [4.69, 9.17) is 19.9 Å². The maximum Gasteiger partial charge on any atom is 0.270 e. The van der Waals surface area contributed by atoms with Crippen molar-refractivity contribution in [3.63, 3.8) is 0 Å². The highest BCUT2D eigenvalue weighted by atomic mass is 16.6. The lowest BCUT2D eigenvalue weighted by Crippen LogP contribution is -2.10. The minimum absolute atomic E-state index is 0.00798. The molecule has 0 saturated carbocycles. The largest absolute Gasteiger partial charge is 0.491 e. The minimum Gasteiger partial charge on any atom is -0.491 e. The SMILES string of the molecule is COCCCOCCOc1ccc([N+](=O)[O-])cc1CN. The number of nitrogens with zero attached hydrogens (tertiary/aromatic N) is 1. The van der Waals surface area contributed by atoms with Gasteiger partial charge < -0.3 is 19.9 Å². The van der Waals surface area contributed by atoms with E-state index in [2.05, 4.69) is 0 Å². The van der Waals surface area contributed by atoms with E-state index in [9.17, 15) is 10.1 Å². The molecule has 0 heterocycles. The quantitative estimate of drug-likeness (QED) is 0.397. The number of non-ortho nitro benzene ring substituents is 1. The van der Waals surface area contributed by atoms with Gasteiger partial charge in [-0.05, 0) is 12.5 Å². The Morgan fingerprint density at radius 2 is 2.05 bits per heavy atom. The first-order valence-electron chi connectivity index (χ1n) is 6.36. The number of nitrogens with two attached hydrogens (primary N) is 1. The number of benzene rings is 1. The third kappa shape index (κ3) is 5.52. The Labute approximate surface area is 117 Å². The second-order valence-electron chi connectivity index (χ2n) is 4.06. The molecule has 0 saturated heterocycles. The second kappa shape index (κ2) is 9.24. The molecule has 0 amide bonds. The minimum atomic E-state index is -0.456. The van der Waals surface area contributed by atoms with E-state index >= 15 is 0 Å². The van der Waals surface area contributed by atoms with E-state index in [0.717, 1.165) is 6.42 Å². The van der Waals surface area contributed by atoms with Gasteiger partial charge in [-0.25, -0.2) is 0 Å². The highest BCUT2D eigenvalue weighted by molar-refractivity contribution is 5.43. The molecule has 0 aliphatic carbocycles. The van der Waals surface area contributed by atoms with Gasteiger partial charge in [0, 0.05) is 44.6 Å². The molecule has 0 atom stereocenters. The molecule has 0 unspecified atom stereocenters. The van der Waals surface area contributed by atoms with Crippen molar-refractivity contribution in [2.45, 2.75) is 13.0 Å². The standard InChI is InChI=1S/C13H20N2O5/c1-18-5-2-6-19-7-8-20-13-4-3-12(15(16)17)9-11(13)10-14/h3-4,9H,2,5-8,10,14H2,1H3. The molecule has 1 aromatic carbocycles. The summed E-state index contributed by atoms with van der Waals surface area (Å²) < 4.78 is 15.8. The van der Waals surface area contributed by atoms with Crippen molar-refractivity contribution in [1.29, 1.82) is 0 Å². The molecule has 0 radical (unpaired) electrons. The van der Waals surface area contributed by atoms with Crippen molar-refractivity contribution in [3.8, 4) is 5.75 Å². The number of nitro groups is 1. The maximum atomic E-state index is 10.7. The molecule has 7 nitrogen and oxygen atoms in total. The normalized spacial score (nSPS) is 10.5. The van der Waals surface area contributed by atoms with Crippen LogP contribution in [-0.4, -0.2) is 38.5 Å². The van der Waals surface area contributed by atoms with Crippen molar-refractivity contribution in [2.75, 3.05) is 33.5 Å². The van der Waals surface area contributed by atoms with Crippen LogP contribution in [0.1, 0.15) is 12.0 Å². The van der Waals surface area contributed by atoms with Crippen LogP contribution in [0.2, 0.25) is 0 Å². The van der Waals surface area contributed by atoms with Gasteiger partial charge in [-0.3, -0.25) is 10.1 Å². The number of nitro benzene ring substituents is 1. The van der Waals surface area contributed by atoms with Gasteiger partial charge in [0.2, 0.25) is 0 Å². The lowest BCUT2D eigenvalue weighted by atomic mass is 10.2. The molecule has 1 rings (SSSR count). The third-order valence-electron chi connectivity index (χ3n) is 2.60. The summed E-state index contributed by atoms with van der Waals surface area (Å²) in [5, 5.41) is 10.7. The van der Waals surface area contributed by atoms with Gasteiger partial charge in [-0.15, -0.1) is 0 Å². The van der Waals surface area contributed by atoms with Crippen LogP contribution >= 0.6 is 0 Å². The molecule has 0 aliphatic heterocycles. The Balaban J connectivity index is 2.38. The zero-order valence-electron chi connectivity index (χ0n) is 11.5. The van der Waals surface area contributed by atoms with E-state index in [0.29, 0.717) is 37.7 Å². The molecule has 0 fully saturated rings. The summed E-state index contributed by atoms with van der Waals surface area (Å²) in [4.78, 5) is 10.2. The highest BCUT2D eigenvalue weighted by Gasteiger charge is 2.10. The fourth-order valence-electron chi connectivity index (χ4n) is 1.60. The fourth-order valence-corrected chi connectivity index (χ4v) is 1.60. The van der Waals surface area contributed by atoms with Crippen LogP contribution in [0, 0.1) is 10.1 Å². The molecule has 2 N–H and O–H groups in total. The molecule has 20 heavy (non-hydrogen) atoms. The van der Waals surface area contributed by atoms with Gasteiger partial charge in [0.05, 0.1) is 11.5 Å². The summed E-state index contributed by atoms with van der Waals surface area (Å²) in [7, 11) is 1.64. The van der Waals surface area contributed by atoms with Gasteiger partial charge in [-0.1, -0.05) is 0 Å². The molecular formula is C13H20N2O5. The topological polar surface area (TPSA) is 96.8 Å². The molecular weight excluding hydrogens is 264 g/mol. The molecule has 0 spiro atoms. The van der Waals surface area contributed by atoms with E-state index in [1.54, 1.807) is 13.2 Å². The lowest BCUT2D eigenvalue weighted by molar-refractivity contribution is -0.384. The van der Waals surface area contributed by atoms with Crippen LogP contribution in [-0.2, 0) is 16.0 Å².